The van der Waals surface area contributed by atoms with Crippen molar-refractivity contribution in [1.82, 2.24) is 10.3 Å². The first-order valence-corrected chi connectivity index (χ1v) is 6.77. The average molecular weight is 298 g/mol. The van der Waals surface area contributed by atoms with Crippen molar-refractivity contribution < 1.29 is 13.9 Å². The molecule has 1 heterocycles. The predicted octanol–water partition coefficient (Wildman–Crippen LogP) is 2.55. The first-order chi connectivity index (χ1) is 10.7. The molecule has 0 aliphatic rings. The summed E-state index contributed by atoms with van der Waals surface area (Å²) >= 11 is 0. The number of amides is 1. The van der Waals surface area contributed by atoms with E-state index in [1.807, 2.05) is 30.3 Å². The third kappa shape index (κ3) is 3.35. The fourth-order valence-corrected chi connectivity index (χ4v) is 2.06. The van der Waals surface area contributed by atoms with Gasteiger partial charge in [0.05, 0.1) is 5.52 Å². The summed E-state index contributed by atoms with van der Waals surface area (Å²) in [5.74, 6) is -0.498. The molecule has 0 saturated carbocycles. The lowest BCUT2D eigenvalue weighted by Gasteiger charge is -2.07. The van der Waals surface area contributed by atoms with Crippen molar-refractivity contribution in [2.24, 2.45) is 0 Å². The normalized spacial score (nSPS) is 10.5. The highest BCUT2D eigenvalue weighted by molar-refractivity contribution is 5.73. The zero-order chi connectivity index (χ0) is 15.4. The number of fused-ring (bicyclic) bond motifs is 1. The second-order valence-electron chi connectivity index (χ2n) is 4.76. The Morgan fingerprint density at radius 3 is 2.77 bits per heavy atom. The van der Waals surface area contributed by atoms with Gasteiger partial charge in [0.15, 0.2) is 5.58 Å². The summed E-state index contributed by atoms with van der Waals surface area (Å²) in [7, 11) is 0. The summed E-state index contributed by atoms with van der Waals surface area (Å²) in [6, 6.07) is 14.6. The predicted molar refractivity (Wildman–Crippen MR) is 80.3 cm³/mol. The molecule has 0 spiro atoms. The maximum atomic E-state index is 11.6. The van der Waals surface area contributed by atoms with Crippen molar-refractivity contribution in [3.8, 4) is 0 Å². The molecule has 0 fully saturated rings. The third-order valence-electron chi connectivity index (χ3n) is 3.13. The minimum absolute atomic E-state index is 0.223. The molecule has 6 heteroatoms. The van der Waals surface area contributed by atoms with Gasteiger partial charge in [-0.25, -0.2) is 9.59 Å². The Hall–Kier alpha value is -3.02. The SMILES string of the molecule is O=C(NCc1ccc2oc(=O)[nH]c2c1)OCc1ccccc1. The van der Waals surface area contributed by atoms with Gasteiger partial charge in [0, 0.05) is 6.54 Å². The molecule has 1 aromatic heterocycles. The van der Waals surface area contributed by atoms with Gasteiger partial charge in [-0.1, -0.05) is 36.4 Å². The van der Waals surface area contributed by atoms with E-state index in [0.29, 0.717) is 17.6 Å². The van der Waals surface area contributed by atoms with Gasteiger partial charge in [-0.05, 0) is 23.3 Å². The molecule has 3 aromatic rings. The molecule has 0 aliphatic heterocycles. The van der Waals surface area contributed by atoms with Gasteiger partial charge in [0.1, 0.15) is 6.61 Å². The second kappa shape index (κ2) is 6.17. The van der Waals surface area contributed by atoms with Crippen LogP contribution in [0.5, 0.6) is 0 Å². The Morgan fingerprint density at radius 2 is 1.95 bits per heavy atom. The molecular formula is C16H14N2O4. The lowest BCUT2D eigenvalue weighted by Crippen LogP contribution is -2.23. The molecule has 0 radical (unpaired) electrons. The first-order valence-electron chi connectivity index (χ1n) is 6.77. The molecule has 0 aliphatic carbocycles. The molecule has 3 rings (SSSR count). The van der Waals surface area contributed by atoms with E-state index in [-0.39, 0.29) is 6.61 Å². The van der Waals surface area contributed by atoms with E-state index >= 15 is 0 Å². The number of H-pyrrole nitrogens is 1. The van der Waals surface area contributed by atoms with Gasteiger partial charge in [-0.3, -0.25) is 4.98 Å². The van der Waals surface area contributed by atoms with Gasteiger partial charge in [-0.15, -0.1) is 0 Å². The van der Waals surface area contributed by atoms with Crippen molar-refractivity contribution in [3.05, 3.63) is 70.2 Å². The van der Waals surface area contributed by atoms with E-state index in [9.17, 15) is 9.59 Å². The molecule has 2 N–H and O–H groups in total. The van der Waals surface area contributed by atoms with E-state index in [1.165, 1.54) is 0 Å². The minimum Gasteiger partial charge on any atom is -0.445 e. The molecule has 22 heavy (non-hydrogen) atoms. The Balaban J connectivity index is 1.54. The summed E-state index contributed by atoms with van der Waals surface area (Å²) in [6.45, 7) is 0.525. The largest absolute Gasteiger partial charge is 0.445 e. The molecule has 1 amide bonds. The molecule has 0 atom stereocenters. The Labute approximate surface area is 125 Å². The van der Waals surface area contributed by atoms with Crippen LogP contribution in [0, 0.1) is 0 Å². The van der Waals surface area contributed by atoms with Crippen LogP contribution < -0.4 is 11.1 Å². The maximum Gasteiger partial charge on any atom is 0.417 e. The number of rotatable bonds is 4. The molecule has 0 unspecified atom stereocenters. The van der Waals surface area contributed by atoms with Gasteiger partial charge in [0.25, 0.3) is 0 Å². The van der Waals surface area contributed by atoms with E-state index in [4.69, 9.17) is 9.15 Å². The maximum absolute atomic E-state index is 11.6. The number of carbonyl (C=O) groups is 1. The van der Waals surface area contributed by atoms with Crippen molar-refractivity contribution in [2.75, 3.05) is 0 Å². The van der Waals surface area contributed by atoms with Crippen molar-refractivity contribution in [3.63, 3.8) is 0 Å². The molecule has 0 saturated heterocycles. The van der Waals surface area contributed by atoms with Gasteiger partial charge in [0.2, 0.25) is 0 Å². The van der Waals surface area contributed by atoms with Crippen LogP contribution in [0.15, 0.2) is 57.7 Å². The van der Waals surface area contributed by atoms with Crippen LogP contribution in [0.4, 0.5) is 4.79 Å². The van der Waals surface area contributed by atoms with E-state index < -0.39 is 11.8 Å². The number of nitrogens with one attached hydrogen (secondary N) is 2. The monoisotopic (exact) mass is 298 g/mol. The highest BCUT2D eigenvalue weighted by Crippen LogP contribution is 2.12. The smallest absolute Gasteiger partial charge is 0.417 e. The Morgan fingerprint density at radius 1 is 1.14 bits per heavy atom. The molecule has 2 aromatic carbocycles. The van der Waals surface area contributed by atoms with Crippen LogP contribution in [0.25, 0.3) is 11.1 Å². The van der Waals surface area contributed by atoms with Crippen LogP contribution in [0.1, 0.15) is 11.1 Å². The molecule has 112 valence electrons. The minimum atomic E-state index is -0.498. The zero-order valence-corrected chi connectivity index (χ0v) is 11.7. The second-order valence-corrected chi connectivity index (χ2v) is 4.76. The van der Waals surface area contributed by atoms with Crippen LogP contribution in [0.2, 0.25) is 0 Å². The Bertz CT molecular complexity index is 836. The van der Waals surface area contributed by atoms with Crippen molar-refractivity contribution in [2.45, 2.75) is 13.2 Å². The number of aromatic amines is 1. The fraction of sp³-hybridized carbons (Fsp3) is 0.125. The zero-order valence-electron chi connectivity index (χ0n) is 11.7. The number of carbonyl (C=O) groups excluding carboxylic acids is 1. The summed E-state index contributed by atoms with van der Waals surface area (Å²) in [5.41, 5.74) is 2.85. The summed E-state index contributed by atoms with van der Waals surface area (Å²) < 4.78 is 10.0. The van der Waals surface area contributed by atoms with E-state index in [0.717, 1.165) is 11.1 Å². The van der Waals surface area contributed by atoms with Crippen LogP contribution >= 0.6 is 0 Å². The lowest BCUT2D eigenvalue weighted by atomic mass is 10.2. The molecule has 6 nitrogen and oxygen atoms in total. The lowest BCUT2D eigenvalue weighted by molar-refractivity contribution is 0.139. The number of hydrogen-bond donors (Lipinski definition) is 2. The highest BCUT2D eigenvalue weighted by Gasteiger charge is 2.05. The topological polar surface area (TPSA) is 84.3 Å². The number of oxazole rings is 1. The number of aromatic nitrogens is 1. The molecular weight excluding hydrogens is 284 g/mol. The average Bonchev–Trinajstić information content (AvgIpc) is 2.91. The van der Waals surface area contributed by atoms with Crippen LogP contribution in [0.3, 0.4) is 0 Å². The van der Waals surface area contributed by atoms with Gasteiger partial charge >= 0.3 is 11.8 Å². The van der Waals surface area contributed by atoms with Crippen LogP contribution in [-0.2, 0) is 17.9 Å². The number of ether oxygens (including phenoxy) is 1. The van der Waals surface area contributed by atoms with Crippen molar-refractivity contribution >= 4 is 17.2 Å². The summed E-state index contributed by atoms with van der Waals surface area (Å²) in [6.07, 6.45) is -0.496. The van der Waals surface area contributed by atoms with Gasteiger partial charge in [-0.2, -0.15) is 0 Å². The third-order valence-corrected chi connectivity index (χ3v) is 3.13. The van der Waals surface area contributed by atoms with Crippen LogP contribution in [-0.4, -0.2) is 11.1 Å². The van der Waals surface area contributed by atoms with E-state index in [1.54, 1.807) is 18.2 Å². The number of benzene rings is 2. The quantitative estimate of drug-likeness (QED) is 0.775. The summed E-state index contributed by atoms with van der Waals surface area (Å²) in [5, 5.41) is 2.66. The number of alkyl carbamates (subject to hydrolysis) is 1. The van der Waals surface area contributed by atoms with Gasteiger partial charge < -0.3 is 14.5 Å². The number of hydrogen-bond acceptors (Lipinski definition) is 4. The first kappa shape index (κ1) is 13.9. The standard InChI is InChI=1S/C16H14N2O4/c19-15(21-10-11-4-2-1-3-5-11)17-9-12-6-7-14-13(8-12)18-16(20)22-14/h1-8H,9-10H2,(H,17,19)(H,18,20). The Kier molecular flexibility index (Phi) is 3.91. The highest BCUT2D eigenvalue weighted by atomic mass is 16.5. The fourth-order valence-electron chi connectivity index (χ4n) is 2.06. The van der Waals surface area contributed by atoms with Crippen molar-refractivity contribution in [1.29, 1.82) is 0 Å². The molecule has 0 bridgehead atoms. The van der Waals surface area contributed by atoms with E-state index in [2.05, 4.69) is 10.3 Å². The summed E-state index contributed by atoms with van der Waals surface area (Å²) in [4.78, 5) is 25.3.